The van der Waals surface area contributed by atoms with Gasteiger partial charge in [0, 0.05) is 34.9 Å². The number of phosphoric acid groups is 1. The molecule has 0 saturated carbocycles. The number of azide groups is 1. The van der Waals surface area contributed by atoms with Gasteiger partial charge in [-0.15, -0.1) is 0 Å². The Morgan fingerprint density at radius 2 is 1.67 bits per heavy atom. The maximum atomic E-state index is 12.5. The van der Waals surface area contributed by atoms with E-state index in [2.05, 4.69) is 35.8 Å². The average molecular weight is 740 g/mol. The number of hydrogen-bond acceptors (Lipinski definition) is 10. The van der Waals surface area contributed by atoms with Gasteiger partial charge in [-0.2, -0.15) is 11.8 Å². The maximum absolute atomic E-state index is 12.5. The predicted molar refractivity (Wildman–Crippen MR) is 189 cm³/mol. The van der Waals surface area contributed by atoms with Gasteiger partial charge >= 0.3 is 35.2 Å². The second-order valence-electron chi connectivity index (χ2n) is 12.7. The van der Waals surface area contributed by atoms with Crippen LogP contribution in [-0.2, 0) is 23.1 Å². The van der Waals surface area contributed by atoms with Crippen molar-refractivity contribution in [2.24, 2.45) is 5.11 Å². The quantitative estimate of drug-likeness (QED) is 0.0318. The first-order valence-corrected chi connectivity index (χ1v) is 20.5. The number of unbranched alkanes of at least 4 members (excludes halogenated alkanes) is 11. The molecular formula is C33H59N5NaO8PS. The zero-order chi connectivity index (χ0) is 35.2. The molecule has 6 atom stereocenters. The fourth-order valence-corrected chi connectivity index (χ4v) is 7.82. The van der Waals surface area contributed by atoms with E-state index in [-0.39, 0.29) is 48.7 Å². The molecule has 1 aromatic rings. The van der Waals surface area contributed by atoms with Crippen molar-refractivity contribution in [1.82, 2.24) is 9.55 Å². The van der Waals surface area contributed by atoms with E-state index in [9.17, 15) is 19.0 Å². The number of nitrogens with one attached hydrogen (secondary N) is 1. The molecule has 2 heterocycles. The Bertz CT molecular complexity index is 1250. The third-order valence-corrected chi connectivity index (χ3v) is 11.2. The van der Waals surface area contributed by atoms with E-state index in [4.69, 9.17) is 24.1 Å². The van der Waals surface area contributed by atoms with Gasteiger partial charge in [-0.1, -0.05) is 96.0 Å². The van der Waals surface area contributed by atoms with Crippen molar-refractivity contribution < 1.29 is 57.5 Å². The summed E-state index contributed by atoms with van der Waals surface area (Å²) in [6.07, 6.45) is 18.0. The Kier molecular flexibility index (Phi) is 25.6. The van der Waals surface area contributed by atoms with Gasteiger partial charge in [-0.25, -0.2) is 4.79 Å². The summed E-state index contributed by atoms with van der Waals surface area (Å²) in [5.41, 5.74) is 8.05. The molecule has 1 aliphatic heterocycles. The largest absolute Gasteiger partial charge is 1.00 e. The number of rotatable bonds is 28. The number of H-pyrrole nitrogens is 1. The van der Waals surface area contributed by atoms with Crippen LogP contribution in [0, 0.1) is 6.92 Å². The summed E-state index contributed by atoms with van der Waals surface area (Å²) in [5, 5.41) is 4.08. The van der Waals surface area contributed by atoms with Crippen LogP contribution in [0.15, 0.2) is 20.9 Å². The molecule has 0 spiro atoms. The number of nitrogens with zero attached hydrogens (tertiary/aromatic N) is 4. The Labute approximate surface area is 318 Å². The van der Waals surface area contributed by atoms with E-state index < -0.39 is 44.1 Å². The Hall–Kier alpha value is -0.630. The molecule has 0 bridgehead atoms. The molecule has 1 aliphatic rings. The van der Waals surface area contributed by atoms with Crippen molar-refractivity contribution in [3.63, 3.8) is 0 Å². The van der Waals surface area contributed by atoms with Crippen LogP contribution in [-0.4, -0.2) is 58.6 Å². The third kappa shape index (κ3) is 19.1. The van der Waals surface area contributed by atoms with Gasteiger partial charge in [0.2, 0.25) is 0 Å². The number of aromatic nitrogens is 2. The molecule has 0 radical (unpaired) electrons. The molecule has 1 fully saturated rings. The van der Waals surface area contributed by atoms with Gasteiger partial charge in [0.1, 0.15) is 6.23 Å². The molecule has 1 N–H and O–H groups in total. The van der Waals surface area contributed by atoms with Crippen LogP contribution in [0.4, 0.5) is 0 Å². The van der Waals surface area contributed by atoms with Crippen molar-refractivity contribution in [1.29, 1.82) is 0 Å². The smallest absolute Gasteiger partial charge is 0.756 e. The molecule has 0 aromatic carbocycles. The van der Waals surface area contributed by atoms with Crippen LogP contribution in [0.1, 0.15) is 135 Å². The summed E-state index contributed by atoms with van der Waals surface area (Å²) >= 11 is 2.00. The van der Waals surface area contributed by atoms with E-state index >= 15 is 0 Å². The third-order valence-electron chi connectivity index (χ3n) is 8.62. The fourth-order valence-electron chi connectivity index (χ4n) is 5.71. The monoisotopic (exact) mass is 739 g/mol. The topological polar surface area (TPSA) is 181 Å². The van der Waals surface area contributed by atoms with Crippen LogP contribution in [0.25, 0.3) is 10.4 Å². The van der Waals surface area contributed by atoms with E-state index in [1.165, 1.54) is 101 Å². The molecule has 2 rings (SSSR count). The van der Waals surface area contributed by atoms with Crippen LogP contribution in [0.3, 0.4) is 0 Å². The van der Waals surface area contributed by atoms with Crippen LogP contribution in [0.2, 0.25) is 0 Å². The molecule has 1 saturated heterocycles. The molecular weight excluding hydrogens is 680 g/mol. The molecule has 16 heteroatoms. The number of aromatic amines is 1. The molecule has 49 heavy (non-hydrogen) atoms. The average Bonchev–Trinajstić information content (AvgIpc) is 3.45. The standard InChI is InChI=1S/C33H60N5O8PS.Na/c1-5-7-9-10-11-12-13-14-15-17-22-48-30(19-16-8-6-2)27(4)43-20-18-21-44-47(41,42)45-25-29-28(36-37-34)23-31(46-29)38-24-26(3)32(39)35-33(38)40;/h24,27-31H,5-23,25H2,1-4H3,(H,41,42)(H,35,39,40);/q;+1/p-1/t27?,28-,29+,30?,31+;/m0./s1. The Morgan fingerprint density at radius 3 is 2.33 bits per heavy atom. The van der Waals surface area contributed by atoms with Crippen LogP contribution < -0.4 is 45.7 Å². The summed E-state index contributed by atoms with van der Waals surface area (Å²) in [7, 11) is -4.68. The molecule has 13 nitrogen and oxygen atoms in total. The molecule has 1 aromatic heterocycles. The normalized spacial score (nSPS) is 19.9. The van der Waals surface area contributed by atoms with Crippen molar-refractivity contribution in [3.8, 4) is 0 Å². The molecule has 276 valence electrons. The summed E-state index contributed by atoms with van der Waals surface area (Å²) in [6.45, 7) is 7.91. The van der Waals surface area contributed by atoms with Gasteiger partial charge in [0.05, 0.1) is 31.5 Å². The van der Waals surface area contributed by atoms with Gasteiger partial charge < -0.3 is 23.4 Å². The first-order chi connectivity index (χ1) is 23.1. The summed E-state index contributed by atoms with van der Waals surface area (Å²) in [4.78, 5) is 41.4. The summed E-state index contributed by atoms with van der Waals surface area (Å²) in [5.74, 6) is 1.13. The van der Waals surface area contributed by atoms with E-state index in [1.54, 1.807) is 0 Å². The predicted octanol–water partition coefficient (Wildman–Crippen LogP) is 4.72. The summed E-state index contributed by atoms with van der Waals surface area (Å²) in [6, 6.07) is -0.790. The first-order valence-electron chi connectivity index (χ1n) is 18.0. The number of aryl methyl sites for hydroxylation is 1. The molecule has 3 unspecified atom stereocenters. The number of ether oxygens (including phenoxy) is 2. The van der Waals surface area contributed by atoms with Gasteiger partial charge in [-0.05, 0) is 44.4 Å². The number of phosphoric ester groups is 1. The van der Waals surface area contributed by atoms with Gasteiger partial charge in [-0.3, -0.25) is 18.9 Å². The zero-order valence-electron chi connectivity index (χ0n) is 30.5. The number of hydrogen-bond donors (Lipinski definition) is 1. The van der Waals surface area contributed by atoms with Gasteiger partial charge in [0.15, 0.2) is 0 Å². The first kappa shape index (κ1) is 46.4. The minimum Gasteiger partial charge on any atom is -0.756 e. The summed E-state index contributed by atoms with van der Waals surface area (Å²) < 4.78 is 35.6. The number of thioether (sulfide) groups is 1. The molecule has 0 amide bonds. The van der Waals surface area contributed by atoms with Crippen molar-refractivity contribution in [3.05, 3.63) is 43.0 Å². The van der Waals surface area contributed by atoms with E-state index in [0.717, 1.165) is 12.2 Å². The van der Waals surface area contributed by atoms with Crippen molar-refractivity contribution in [2.45, 2.75) is 160 Å². The van der Waals surface area contributed by atoms with Crippen LogP contribution >= 0.6 is 19.6 Å². The SMILES string of the molecule is CCCCCCCCCCCCSC(CCCCC)C(C)OCCCOP(=O)([O-])OC[C@H]1O[C@@H](n2cc(C)c(=O)[nH]c2=O)C[C@@H]1N=[N+]=[N-].[Na+]. The fraction of sp³-hybridized carbons (Fsp3) is 0.879. The van der Waals surface area contributed by atoms with Crippen molar-refractivity contribution in [2.75, 3.05) is 25.6 Å². The minimum absolute atomic E-state index is 0. The maximum Gasteiger partial charge on any atom is 1.00 e. The minimum atomic E-state index is -4.68. The molecule has 0 aliphatic carbocycles. The van der Waals surface area contributed by atoms with Crippen LogP contribution in [0.5, 0.6) is 0 Å². The second-order valence-corrected chi connectivity index (χ2v) is 15.5. The van der Waals surface area contributed by atoms with E-state index in [1.807, 2.05) is 11.8 Å². The van der Waals surface area contributed by atoms with Crippen molar-refractivity contribution >= 4 is 19.6 Å². The second kappa shape index (κ2) is 27.0. The van der Waals surface area contributed by atoms with E-state index in [0.29, 0.717) is 23.8 Å². The van der Waals surface area contributed by atoms with Gasteiger partial charge in [0.25, 0.3) is 13.4 Å². The Balaban J connectivity index is 0.0000120. The zero-order valence-corrected chi connectivity index (χ0v) is 34.2. The Morgan fingerprint density at radius 1 is 1.04 bits per heavy atom.